The molecule has 7 nitrogen and oxygen atoms in total. The maximum atomic E-state index is 11.9. The van der Waals surface area contributed by atoms with Gasteiger partial charge in [0.25, 0.3) is 0 Å². The lowest BCUT2D eigenvalue weighted by molar-refractivity contribution is -0.154. The zero-order valence-corrected chi connectivity index (χ0v) is 12.0. The number of rotatable bonds is 4. The third kappa shape index (κ3) is 3.91. The summed E-state index contributed by atoms with van der Waals surface area (Å²) in [7, 11) is 0. The van der Waals surface area contributed by atoms with Crippen LogP contribution in [0.15, 0.2) is 5.38 Å². The Labute approximate surface area is 120 Å². The Morgan fingerprint density at radius 2 is 2.45 bits per heavy atom. The summed E-state index contributed by atoms with van der Waals surface area (Å²) in [5, 5.41) is 14.6. The van der Waals surface area contributed by atoms with Crippen LogP contribution >= 0.6 is 11.3 Å². The quantitative estimate of drug-likeness (QED) is 0.844. The fraction of sp³-hybridized carbons (Fsp3) is 0.583. The summed E-state index contributed by atoms with van der Waals surface area (Å²) in [6, 6.07) is -0.258. The van der Waals surface area contributed by atoms with Crippen LogP contribution in [0.4, 0.5) is 4.79 Å². The molecule has 8 heteroatoms. The highest BCUT2D eigenvalue weighted by molar-refractivity contribution is 7.09. The minimum Gasteiger partial charge on any atom is -0.479 e. The van der Waals surface area contributed by atoms with Crippen LogP contribution < -0.4 is 5.32 Å². The number of urea groups is 1. The van der Waals surface area contributed by atoms with E-state index in [0.717, 1.165) is 10.7 Å². The van der Waals surface area contributed by atoms with Crippen molar-refractivity contribution < 1.29 is 19.4 Å². The van der Waals surface area contributed by atoms with Crippen molar-refractivity contribution in [1.82, 2.24) is 15.2 Å². The predicted molar refractivity (Wildman–Crippen MR) is 72.9 cm³/mol. The normalized spacial score (nSPS) is 18.9. The van der Waals surface area contributed by atoms with Gasteiger partial charge in [-0.25, -0.2) is 14.6 Å². The maximum Gasteiger partial charge on any atom is 0.334 e. The summed E-state index contributed by atoms with van der Waals surface area (Å²) in [6.45, 7) is 3.15. The molecule has 2 amide bonds. The number of thiazole rings is 1. The highest BCUT2D eigenvalue weighted by Crippen LogP contribution is 2.08. The summed E-state index contributed by atoms with van der Waals surface area (Å²) in [4.78, 5) is 28.5. The molecule has 1 aliphatic heterocycles. The summed E-state index contributed by atoms with van der Waals surface area (Å²) in [6.07, 6.45) is -0.265. The average molecular weight is 299 g/mol. The van der Waals surface area contributed by atoms with Crippen molar-refractivity contribution in [2.45, 2.75) is 19.4 Å². The molecule has 110 valence electrons. The van der Waals surface area contributed by atoms with Crippen LogP contribution in [0, 0.1) is 6.92 Å². The molecule has 0 bridgehead atoms. The largest absolute Gasteiger partial charge is 0.479 e. The van der Waals surface area contributed by atoms with Crippen molar-refractivity contribution in [2.24, 2.45) is 0 Å². The molecule has 1 saturated heterocycles. The Balaban J connectivity index is 1.75. The van der Waals surface area contributed by atoms with Crippen LogP contribution in [0.1, 0.15) is 10.7 Å². The topological polar surface area (TPSA) is 91.8 Å². The van der Waals surface area contributed by atoms with Gasteiger partial charge in [-0.3, -0.25) is 0 Å². The second-order valence-corrected chi connectivity index (χ2v) is 5.55. The van der Waals surface area contributed by atoms with Gasteiger partial charge in [-0.2, -0.15) is 0 Å². The molecule has 1 aromatic heterocycles. The molecule has 1 fully saturated rings. The van der Waals surface area contributed by atoms with Crippen LogP contribution in [-0.4, -0.2) is 59.3 Å². The second kappa shape index (κ2) is 6.67. The van der Waals surface area contributed by atoms with Crippen molar-refractivity contribution >= 4 is 23.3 Å². The molecule has 1 aromatic rings. The van der Waals surface area contributed by atoms with E-state index in [1.54, 1.807) is 11.3 Å². The molecule has 0 saturated carbocycles. The first kappa shape index (κ1) is 14.7. The number of ether oxygens (including phenoxy) is 1. The van der Waals surface area contributed by atoms with Crippen LogP contribution in [0.3, 0.4) is 0 Å². The first-order valence-corrected chi connectivity index (χ1v) is 7.22. The average Bonchev–Trinajstić information content (AvgIpc) is 2.84. The number of carboxylic acid groups (broad SMARTS) is 1. The van der Waals surface area contributed by atoms with Crippen molar-refractivity contribution in [3.8, 4) is 0 Å². The zero-order chi connectivity index (χ0) is 14.5. The number of carbonyl (C=O) groups is 2. The Morgan fingerprint density at radius 3 is 3.10 bits per heavy atom. The highest BCUT2D eigenvalue weighted by Gasteiger charge is 2.28. The SMILES string of the molecule is Cc1nc(CCNC(=O)N2CCOC(C(=O)O)C2)cs1. The van der Waals surface area contributed by atoms with E-state index in [9.17, 15) is 9.59 Å². The molecule has 20 heavy (non-hydrogen) atoms. The first-order chi connectivity index (χ1) is 9.56. The first-order valence-electron chi connectivity index (χ1n) is 6.34. The van der Waals surface area contributed by atoms with Crippen molar-refractivity contribution in [2.75, 3.05) is 26.2 Å². The van der Waals surface area contributed by atoms with Gasteiger partial charge in [0.2, 0.25) is 0 Å². The maximum absolute atomic E-state index is 11.9. The molecule has 0 spiro atoms. The number of carboxylic acids is 1. The van der Waals surface area contributed by atoms with Gasteiger partial charge in [0, 0.05) is 24.9 Å². The summed E-state index contributed by atoms with van der Waals surface area (Å²) < 4.78 is 5.07. The van der Waals surface area contributed by atoms with Gasteiger partial charge in [-0.05, 0) is 6.92 Å². The molecule has 0 aliphatic carbocycles. The Hall–Kier alpha value is -1.67. The van der Waals surface area contributed by atoms with Crippen LogP contribution in [0.25, 0.3) is 0 Å². The molecule has 1 unspecified atom stereocenters. The van der Waals surface area contributed by atoms with E-state index < -0.39 is 12.1 Å². The number of amides is 2. The molecule has 0 aromatic carbocycles. The fourth-order valence-electron chi connectivity index (χ4n) is 1.92. The molecular weight excluding hydrogens is 282 g/mol. The predicted octanol–water partition coefficient (Wildman–Crippen LogP) is 0.489. The molecule has 1 atom stereocenters. The third-order valence-corrected chi connectivity index (χ3v) is 3.78. The summed E-state index contributed by atoms with van der Waals surface area (Å²) >= 11 is 1.58. The minimum absolute atomic E-state index is 0.0803. The number of aromatic nitrogens is 1. The lowest BCUT2D eigenvalue weighted by atomic mass is 10.3. The van der Waals surface area contributed by atoms with E-state index in [0.29, 0.717) is 19.5 Å². The number of hydrogen-bond donors (Lipinski definition) is 2. The molecule has 1 aliphatic rings. The number of hydrogen-bond acceptors (Lipinski definition) is 5. The van der Waals surface area contributed by atoms with Gasteiger partial charge < -0.3 is 20.1 Å². The van der Waals surface area contributed by atoms with Gasteiger partial charge in [-0.15, -0.1) is 11.3 Å². The van der Waals surface area contributed by atoms with E-state index in [2.05, 4.69) is 10.3 Å². The smallest absolute Gasteiger partial charge is 0.334 e. The van der Waals surface area contributed by atoms with Crippen LogP contribution in [-0.2, 0) is 16.0 Å². The Morgan fingerprint density at radius 1 is 1.65 bits per heavy atom. The lowest BCUT2D eigenvalue weighted by Gasteiger charge is -2.30. The second-order valence-electron chi connectivity index (χ2n) is 4.48. The Bertz CT molecular complexity index is 491. The number of nitrogens with zero attached hydrogens (tertiary/aromatic N) is 2. The van der Waals surface area contributed by atoms with E-state index in [4.69, 9.17) is 9.84 Å². The number of carbonyl (C=O) groups excluding carboxylic acids is 1. The van der Waals surface area contributed by atoms with Crippen molar-refractivity contribution in [3.63, 3.8) is 0 Å². The number of nitrogens with one attached hydrogen (secondary N) is 1. The van der Waals surface area contributed by atoms with Gasteiger partial charge in [-0.1, -0.05) is 0 Å². The van der Waals surface area contributed by atoms with Gasteiger partial charge >= 0.3 is 12.0 Å². The van der Waals surface area contributed by atoms with Gasteiger partial charge in [0.1, 0.15) is 0 Å². The monoisotopic (exact) mass is 299 g/mol. The molecule has 2 rings (SSSR count). The summed E-state index contributed by atoms with van der Waals surface area (Å²) in [5.41, 5.74) is 0.957. The number of aryl methyl sites for hydroxylation is 1. The van der Waals surface area contributed by atoms with Crippen LogP contribution in [0.2, 0.25) is 0 Å². The van der Waals surface area contributed by atoms with Gasteiger partial charge in [0.05, 0.1) is 23.9 Å². The summed E-state index contributed by atoms with van der Waals surface area (Å²) in [5.74, 6) is -1.04. The zero-order valence-electron chi connectivity index (χ0n) is 11.2. The van der Waals surface area contributed by atoms with E-state index in [-0.39, 0.29) is 19.2 Å². The van der Waals surface area contributed by atoms with Gasteiger partial charge in [0.15, 0.2) is 6.10 Å². The third-order valence-electron chi connectivity index (χ3n) is 2.95. The highest BCUT2D eigenvalue weighted by atomic mass is 32.1. The molecule has 0 radical (unpaired) electrons. The van der Waals surface area contributed by atoms with Crippen molar-refractivity contribution in [1.29, 1.82) is 0 Å². The molecule has 2 heterocycles. The van der Waals surface area contributed by atoms with E-state index >= 15 is 0 Å². The molecular formula is C12H17N3O4S. The lowest BCUT2D eigenvalue weighted by Crippen LogP contribution is -2.52. The molecule has 2 N–H and O–H groups in total. The minimum atomic E-state index is -1.04. The van der Waals surface area contributed by atoms with E-state index in [1.807, 2.05) is 12.3 Å². The fourth-order valence-corrected chi connectivity index (χ4v) is 2.56. The van der Waals surface area contributed by atoms with Crippen LogP contribution in [0.5, 0.6) is 0 Å². The number of morpholine rings is 1. The van der Waals surface area contributed by atoms with Crippen molar-refractivity contribution in [3.05, 3.63) is 16.1 Å². The standard InChI is InChI=1S/C12H17N3O4S/c1-8-14-9(7-20-8)2-3-13-12(18)15-4-5-19-10(6-15)11(16)17/h7,10H,2-6H2,1H3,(H,13,18)(H,16,17). The van der Waals surface area contributed by atoms with E-state index in [1.165, 1.54) is 4.90 Å². The Kier molecular flexibility index (Phi) is 4.91. The number of aliphatic carboxylic acids is 1.